The number of thiophene rings is 1. The molecule has 2 aromatic carbocycles. The molecule has 8 heteroatoms. The molecule has 0 spiro atoms. The van der Waals surface area contributed by atoms with E-state index in [1.165, 1.54) is 11.3 Å². The van der Waals surface area contributed by atoms with Crippen molar-refractivity contribution >= 4 is 58.0 Å². The van der Waals surface area contributed by atoms with Crippen molar-refractivity contribution in [3.8, 4) is 0 Å². The van der Waals surface area contributed by atoms with Crippen molar-refractivity contribution in [1.29, 1.82) is 0 Å². The van der Waals surface area contributed by atoms with Gasteiger partial charge >= 0.3 is 0 Å². The largest absolute Gasteiger partial charge is 0.341 e. The molecule has 1 fully saturated rings. The van der Waals surface area contributed by atoms with Gasteiger partial charge in [0.25, 0.3) is 5.91 Å². The van der Waals surface area contributed by atoms with Gasteiger partial charge in [-0.3, -0.25) is 9.59 Å². The van der Waals surface area contributed by atoms with Crippen molar-refractivity contribution in [2.75, 3.05) is 13.1 Å². The van der Waals surface area contributed by atoms with Gasteiger partial charge in [-0.2, -0.15) is 0 Å². The molecule has 1 unspecified atom stereocenters. The van der Waals surface area contributed by atoms with Crippen LogP contribution >= 0.6 is 46.1 Å². The molecule has 1 atom stereocenters. The van der Waals surface area contributed by atoms with Gasteiger partial charge in [0.2, 0.25) is 5.91 Å². The van der Waals surface area contributed by atoms with Crippen LogP contribution in [0.1, 0.15) is 40.1 Å². The summed E-state index contributed by atoms with van der Waals surface area (Å²) in [6.07, 6.45) is 2.77. The fraction of sp³-hybridized carbons (Fsp3) is 0.308. The SMILES string of the molecule is O=C(CCc1ccc(Cl)s1)N1CCCC(N(Cc2ccccc2)C(=O)c2ccc(Cl)cc2Cl)C1. The number of amides is 2. The number of hydrogen-bond donors (Lipinski definition) is 0. The predicted octanol–water partition coefficient (Wildman–Crippen LogP) is 6.97. The highest BCUT2D eigenvalue weighted by Crippen LogP contribution is 2.27. The van der Waals surface area contributed by atoms with Crippen molar-refractivity contribution in [3.63, 3.8) is 0 Å². The van der Waals surface area contributed by atoms with E-state index in [-0.39, 0.29) is 17.9 Å². The van der Waals surface area contributed by atoms with Gasteiger partial charge in [0.15, 0.2) is 0 Å². The lowest BCUT2D eigenvalue weighted by molar-refractivity contribution is -0.133. The fourth-order valence-electron chi connectivity index (χ4n) is 4.27. The molecule has 0 aliphatic carbocycles. The molecule has 34 heavy (non-hydrogen) atoms. The Bertz CT molecular complexity index is 1150. The van der Waals surface area contributed by atoms with Crippen molar-refractivity contribution in [2.24, 2.45) is 0 Å². The zero-order valence-electron chi connectivity index (χ0n) is 18.6. The zero-order valence-corrected chi connectivity index (χ0v) is 21.6. The van der Waals surface area contributed by atoms with Gasteiger partial charge in [0, 0.05) is 36.0 Å². The summed E-state index contributed by atoms with van der Waals surface area (Å²) >= 11 is 20.0. The van der Waals surface area contributed by atoms with Crippen molar-refractivity contribution in [1.82, 2.24) is 9.80 Å². The first-order chi connectivity index (χ1) is 16.4. The Balaban J connectivity index is 1.51. The lowest BCUT2D eigenvalue weighted by Gasteiger charge is -2.39. The van der Waals surface area contributed by atoms with Crippen LogP contribution < -0.4 is 0 Å². The number of carbonyl (C=O) groups is 2. The molecule has 2 amide bonds. The summed E-state index contributed by atoms with van der Waals surface area (Å²) in [5.41, 5.74) is 1.44. The standard InChI is InChI=1S/C26H25Cl3N2O2S/c27-19-8-11-22(23(28)15-19)26(33)31(16-18-5-2-1-3-6-18)20-7-4-14-30(17-20)25(32)13-10-21-9-12-24(29)34-21/h1-3,5-6,8-9,11-12,15,20H,4,7,10,13-14,16-17H2. The maximum atomic E-state index is 13.7. The number of benzene rings is 2. The van der Waals surface area contributed by atoms with E-state index >= 15 is 0 Å². The van der Waals surface area contributed by atoms with E-state index in [1.807, 2.05) is 52.3 Å². The first-order valence-electron chi connectivity index (χ1n) is 11.2. The minimum Gasteiger partial charge on any atom is -0.341 e. The predicted molar refractivity (Wildman–Crippen MR) is 140 cm³/mol. The molecule has 2 heterocycles. The minimum atomic E-state index is -0.155. The van der Waals surface area contributed by atoms with Gasteiger partial charge in [-0.05, 0) is 55.2 Å². The Kier molecular flexibility index (Phi) is 8.54. The van der Waals surface area contributed by atoms with Crippen LogP contribution in [0.25, 0.3) is 0 Å². The number of piperidine rings is 1. The average Bonchev–Trinajstić information content (AvgIpc) is 3.26. The second kappa shape index (κ2) is 11.6. The highest BCUT2D eigenvalue weighted by atomic mass is 35.5. The Morgan fingerprint density at radius 3 is 2.53 bits per heavy atom. The van der Waals surface area contributed by atoms with Crippen LogP contribution in [0.3, 0.4) is 0 Å². The molecular weight excluding hydrogens is 511 g/mol. The van der Waals surface area contributed by atoms with E-state index in [2.05, 4.69) is 0 Å². The number of likely N-dealkylation sites (tertiary alicyclic amines) is 1. The Hall–Kier alpha value is -2.05. The van der Waals surface area contributed by atoms with Crippen LogP contribution in [0.5, 0.6) is 0 Å². The van der Waals surface area contributed by atoms with Gasteiger partial charge in [0.1, 0.15) is 0 Å². The van der Waals surface area contributed by atoms with E-state index in [4.69, 9.17) is 34.8 Å². The number of aryl methyl sites for hydroxylation is 1. The summed E-state index contributed by atoms with van der Waals surface area (Å²) < 4.78 is 0.733. The van der Waals surface area contributed by atoms with E-state index in [1.54, 1.807) is 18.2 Å². The fourth-order valence-corrected chi connectivity index (χ4v) is 5.85. The molecule has 1 aromatic heterocycles. The molecule has 0 N–H and O–H groups in total. The molecule has 1 saturated heterocycles. The Labute approximate surface area is 219 Å². The zero-order chi connectivity index (χ0) is 24.1. The first-order valence-corrected chi connectivity index (χ1v) is 13.2. The van der Waals surface area contributed by atoms with Crippen molar-refractivity contribution < 1.29 is 9.59 Å². The summed E-state index contributed by atoms with van der Waals surface area (Å²) in [7, 11) is 0. The van der Waals surface area contributed by atoms with Gasteiger partial charge in [-0.1, -0.05) is 65.1 Å². The summed E-state index contributed by atoms with van der Waals surface area (Å²) in [4.78, 5) is 31.5. The van der Waals surface area contributed by atoms with Crippen LogP contribution in [0.2, 0.25) is 14.4 Å². The maximum absolute atomic E-state index is 13.7. The van der Waals surface area contributed by atoms with Gasteiger partial charge in [-0.15, -0.1) is 11.3 Å². The van der Waals surface area contributed by atoms with Gasteiger partial charge in [0.05, 0.1) is 21.0 Å². The smallest absolute Gasteiger partial charge is 0.255 e. The molecule has 1 aliphatic heterocycles. The number of rotatable bonds is 7. The second-order valence-electron chi connectivity index (χ2n) is 8.38. The summed E-state index contributed by atoms with van der Waals surface area (Å²) in [6.45, 7) is 1.66. The van der Waals surface area contributed by atoms with Crippen LogP contribution in [0.15, 0.2) is 60.7 Å². The quantitative estimate of drug-likeness (QED) is 0.328. The van der Waals surface area contributed by atoms with Crippen LogP contribution in [-0.4, -0.2) is 40.7 Å². The lowest BCUT2D eigenvalue weighted by Crippen LogP contribution is -2.51. The molecule has 3 aromatic rings. The normalized spacial score (nSPS) is 15.9. The number of carbonyl (C=O) groups excluding carboxylic acids is 2. The third-order valence-corrected chi connectivity index (χ3v) is 7.86. The number of nitrogens with zero attached hydrogens (tertiary/aromatic N) is 2. The third-order valence-electron chi connectivity index (χ3n) is 6.02. The molecule has 1 aliphatic rings. The topological polar surface area (TPSA) is 40.6 Å². The summed E-state index contributed by atoms with van der Waals surface area (Å²) in [6, 6.07) is 18.5. The van der Waals surface area contributed by atoms with Crippen molar-refractivity contribution in [2.45, 2.75) is 38.3 Å². The van der Waals surface area contributed by atoms with Gasteiger partial charge in [-0.25, -0.2) is 0 Å². The molecule has 0 radical (unpaired) electrons. The highest BCUT2D eigenvalue weighted by Gasteiger charge is 2.32. The maximum Gasteiger partial charge on any atom is 0.255 e. The Morgan fingerprint density at radius 1 is 1.03 bits per heavy atom. The Morgan fingerprint density at radius 2 is 1.82 bits per heavy atom. The molecule has 0 saturated carbocycles. The van der Waals surface area contributed by atoms with E-state index < -0.39 is 0 Å². The van der Waals surface area contributed by atoms with Crippen LogP contribution in [0, 0.1) is 0 Å². The lowest BCUT2D eigenvalue weighted by atomic mass is 10.0. The van der Waals surface area contributed by atoms with Crippen LogP contribution in [-0.2, 0) is 17.8 Å². The molecule has 4 rings (SSSR count). The summed E-state index contributed by atoms with van der Waals surface area (Å²) in [5, 5.41) is 0.812. The number of hydrogen-bond acceptors (Lipinski definition) is 3. The molecule has 0 bridgehead atoms. The summed E-state index contributed by atoms with van der Waals surface area (Å²) in [5.74, 6) is -0.0519. The van der Waals surface area contributed by atoms with E-state index in [0.717, 1.165) is 27.6 Å². The molecule has 4 nitrogen and oxygen atoms in total. The third kappa shape index (κ3) is 6.33. The first kappa shape index (κ1) is 25.1. The molecular formula is C26H25Cl3N2O2S. The van der Waals surface area contributed by atoms with Crippen molar-refractivity contribution in [3.05, 3.63) is 91.0 Å². The molecule has 178 valence electrons. The monoisotopic (exact) mass is 534 g/mol. The number of halogens is 3. The highest BCUT2D eigenvalue weighted by molar-refractivity contribution is 7.16. The van der Waals surface area contributed by atoms with E-state index in [0.29, 0.717) is 48.1 Å². The minimum absolute atomic E-state index is 0.103. The average molecular weight is 536 g/mol. The van der Waals surface area contributed by atoms with Gasteiger partial charge < -0.3 is 9.80 Å². The van der Waals surface area contributed by atoms with Crippen LogP contribution in [0.4, 0.5) is 0 Å². The van der Waals surface area contributed by atoms with E-state index in [9.17, 15) is 9.59 Å². The second-order valence-corrected chi connectivity index (χ2v) is 11.0.